The topological polar surface area (TPSA) is 35.5 Å². The summed E-state index contributed by atoms with van der Waals surface area (Å²) in [5.74, 6) is -2.08. The van der Waals surface area contributed by atoms with Crippen molar-refractivity contribution in [2.75, 3.05) is 6.61 Å². The lowest BCUT2D eigenvalue weighted by atomic mass is 10.1. The highest BCUT2D eigenvalue weighted by Crippen LogP contribution is 2.31. The van der Waals surface area contributed by atoms with Crippen LogP contribution in [0.1, 0.15) is 12.5 Å². The van der Waals surface area contributed by atoms with Gasteiger partial charge in [-0.15, -0.1) is 13.2 Å². The predicted octanol–water partition coefficient (Wildman–Crippen LogP) is 3.43. The molecule has 0 saturated carbocycles. The molecule has 1 rings (SSSR count). The van der Waals surface area contributed by atoms with Gasteiger partial charge in [-0.1, -0.05) is 0 Å². The van der Waals surface area contributed by atoms with Gasteiger partial charge in [0.05, 0.1) is 16.6 Å². The largest absolute Gasteiger partial charge is 0.573 e. The van der Waals surface area contributed by atoms with Gasteiger partial charge in [0.15, 0.2) is 0 Å². The second-order valence-corrected chi connectivity index (χ2v) is 4.45. The molecule has 0 unspecified atom stereocenters. The zero-order valence-corrected chi connectivity index (χ0v) is 11.8. The first-order valence-corrected chi connectivity index (χ1v) is 6.20. The first-order chi connectivity index (χ1) is 8.74. The van der Waals surface area contributed by atoms with Crippen LogP contribution in [0.5, 0.6) is 5.75 Å². The number of benzene rings is 1. The Morgan fingerprint density at radius 3 is 2.53 bits per heavy atom. The second-order valence-electron chi connectivity index (χ2n) is 3.37. The van der Waals surface area contributed by atoms with Crippen LogP contribution >= 0.6 is 22.6 Å². The summed E-state index contributed by atoms with van der Waals surface area (Å²) in [5.41, 5.74) is -0.184. The van der Waals surface area contributed by atoms with Gasteiger partial charge >= 0.3 is 12.3 Å². The summed E-state index contributed by atoms with van der Waals surface area (Å²) in [4.78, 5) is 11.3. The minimum absolute atomic E-state index is 0.0835. The first-order valence-electron chi connectivity index (χ1n) is 5.12. The quantitative estimate of drug-likeness (QED) is 0.448. The number of alkyl halides is 3. The van der Waals surface area contributed by atoms with Gasteiger partial charge in [0, 0.05) is 5.56 Å². The third-order valence-electron chi connectivity index (χ3n) is 2.01. The van der Waals surface area contributed by atoms with Crippen molar-refractivity contribution in [2.24, 2.45) is 0 Å². The van der Waals surface area contributed by atoms with E-state index in [1.165, 1.54) is 22.6 Å². The Labute approximate surface area is 120 Å². The smallest absolute Gasteiger partial charge is 0.466 e. The second kappa shape index (κ2) is 6.40. The zero-order valence-electron chi connectivity index (χ0n) is 9.68. The van der Waals surface area contributed by atoms with E-state index in [0.717, 1.165) is 12.1 Å². The fourth-order valence-electron chi connectivity index (χ4n) is 1.32. The summed E-state index contributed by atoms with van der Waals surface area (Å²) in [7, 11) is 0. The zero-order chi connectivity index (χ0) is 14.6. The molecule has 0 heterocycles. The van der Waals surface area contributed by atoms with Gasteiger partial charge in [0.25, 0.3) is 0 Å². The lowest BCUT2D eigenvalue weighted by Crippen LogP contribution is -2.20. The van der Waals surface area contributed by atoms with Crippen molar-refractivity contribution >= 4 is 28.6 Å². The normalized spacial score (nSPS) is 11.3. The van der Waals surface area contributed by atoms with E-state index in [1.807, 2.05) is 0 Å². The summed E-state index contributed by atoms with van der Waals surface area (Å²) in [6.07, 6.45) is -5.40. The van der Waals surface area contributed by atoms with Gasteiger partial charge in [-0.3, -0.25) is 4.79 Å². The molecule has 0 atom stereocenters. The number of halogens is 5. The van der Waals surface area contributed by atoms with Crippen LogP contribution in [-0.4, -0.2) is 18.9 Å². The molecule has 0 aliphatic rings. The average molecular weight is 392 g/mol. The summed E-state index contributed by atoms with van der Waals surface area (Å²) >= 11 is 1.51. The third kappa shape index (κ3) is 4.84. The fraction of sp³-hybridized carbons (Fsp3) is 0.364. The molecule has 0 radical (unpaired) electrons. The van der Waals surface area contributed by atoms with E-state index < -0.39 is 30.3 Å². The van der Waals surface area contributed by atoms with Crippen LogP contribution in [0.4, 0.5) is 17.6 Å². The number of carbonyl (C=O) groups excluding carboxylic acids is 1. The van der Waals surface area contributed by atoms with Crippen LogP contribution < -0.4 is 4.74 Å². The summed E-state index contributed by atoms with van der Waals surface area (Å²) in [5, 5.41) is 0. The number of ether oxygens (including phenoxy) is 2. The van der Waals surface area contributed by atoms with Crippen molar-refractivity contribution in [3.8, 4) is 5.75 Å². The maximum Gasteiger partial charge on any atom is 0.573 e. The van der Waals surface area contributed by atoms with Gasteiger partial charge in [0.1, 0.15) is 11.6 Å². The molecule has 0 aromatic heterocycles. The van der Waals surface area contributed by atoms with Gasteiger partial charge in [-0.25, -0.2) is 4.39 Å². The molecule has 1 aromatic carbocycles. The van der Waals surface area contributed by atoms with Crippen LogP contribution in [0.25, 0.3) is 0 Å². The van der Waals surface area contributed by atoms with E-state index >= 15 is 0 Å². The Morgan fingerprint density at radius 1 is 1.37 bits per heavy atom. The molecule has 0 amide bonds. The Bertz CT molecular complexity index is 474. The van der Waals surface area contributed by atoms with Crippen molar-refractivity contribution in [3.05, 3.63) is 27.1 Å². The molecule has 0 aliphatic heterocycles. The minimum Gasteiger partial charge on any atom is -0.466 e. The third-order valence-corrected chi connectivity index (χ3v) is 3.17. The highest BCUT2D eigenvalue weighted by atomic mass is 127. The number of hydrogen-bond donors (Lipinski definition) is 0. The van der Waals surface area contributed by atoms with E-state index in [0.29, 0.717) is 0 Å². The highest BCUT2D eigenvalue weighted by Gasteiger charge is 2.33. The molecule has 0 saturated heterocycles. The number of hydrogen-bond acceptors (Lipinski definition) is 3. The highest BCUT2D eigenvalue weighted by molar-refractivity contribution is 14.1. The Balaban J connectivity index is 3.10. The van der Waals surface area contributed by atoms with Crippen molar-refractivity contribution in [3.63, 3.8) is 0 Å². The Morgan fingerprint density at radius 2 is 2.00 bits per heavy atom. The molecule has 0 aliphatic carbocycles. The SMILES string of the molecule is CCOC(=O)Cc1c(OC(F)(F)F)ccc(F)c1I. The number of rotatable bonds is 4. The molecular weight excluding hydrogens is 383 g/mol. The predicted molar refractivity (Wildman–Crippen MR) is 66.1 cm³/mol. The number of esters is 1. The lowest BCUT2D eigenvalue weighted by Gasteiger charge is -2.14. The van der Waals surface area contributed by atoms with Crippen molar-refractivity contribution in [1.82, 2.24) is 0 Å². The summed E-state index contributed by atoms with van der Waals surface area (Å²) in [6.45, 7) is 1.64. The van der Waals surface area contributed by atoms with Crippen LogP contribution in [0.3, 0.4) is 0 Å². The molecule has 3 nitrogen and oxygen atoms in total. The van der Waals surface area contributed by atoms with Gasteiger partial charge in [0.2, 0.25) is 0 Å². The van der Waals surface area contributed by atoms with Crippen LogP contribution in [-0.2, 0) is 16.0 Å². The fourth-order valence-corrected chi connectivity index (χ4v) is 1.95. The average Bonchev–Trinajstić information content (AvgIpc) is 2.27. The Hall–Kier alpha value is -1.06. The van der Waals surface area contributed by atoms with E-state index in [4.69, 9.17) is 0 Å². The van der Waals surface area contributed by atoms with Crippen molar-refractivity contribution in [2.45, 2.75) is 19.7 Å². The van der Waals surface area contributed by atoms with Gasteiger partial charge in [-0.05, 0) is 41.6 Å². The molecule has 1 aromatic rings. The Kier molecular flexibility index (Phi) is 5.39. The van der Waals surface area contributed by atoms with Crippen molar-refractivity contribution in [1.29, 1.82) is 0 Å². The number of carbonyl (C=O) groups is 1. The lowest BCUT2D eigenvalue weighted by molar-refractivity contribution is -0.275. The molecular formula is C11H9F4IO3. The molecule has 0 spiro atoms. The monoisotopic (exact) mass is 392 g/mol. The van der Waals surface area contributed by atoms with Crippen LogP contribution in [0, 0.1) is 9.39 Å². The minimum atomic E-state index is -4.91. The van der Waals surface area contributed by atoms with E-state index in [9.17, 15) is 22.4 Å². The molecule has 0 fully saturated rings. The summed E-state index contributed by atoms with van der Waals surface area (Å²) < 4.78 is 58.2. The van der Waals surface area contributed by atoms with E-state index in [1.54, 1.807) is 6.92 Å². The first kappa shape index (κ1) is 16.0. The molecule has 106 valence electrons. The summed E-state index contributed by atoms with van der Waals surface area (Å²) in [6, 6.07) is 1.68. The maximum atomic E-state index is 13.3. The molecule has 0 bridgehead atoms. The van der Waals surface area contributed by atoms with E-state index in [-0.39, 0.29) is 15.7 Å². The van der Waals surface area contributed by atoms with Gasteiger partial charge < -0.3 is 9.47 Å². The maximum absolute atomic E-state index is 13.3. The molecule has 8 heteroatoms. The van der Waals surface area contributed by atoms with Crippen LogP contribution in [0.2, 0.25) is 0 Å². The molecule has 19 heavy (non-hydrogen) atoms. The standard InChI is InChI=1S/C11H9F4IO3/c1-2-18-9(17)5-6-8(19-11(13,14)15)4-3-7(12)10(6)16/h3-4H,2,5H2,1H3. The van der Waals surface area contributed by atoms with E-state index in [2.05, 4.69) is 9.47 Å². The van der Waals surface area contributed by atoms with Crippen LogP contribution in [0.15, 0.2) is 12.1 Å². The molecule has 0 N–H and O–H groups in total. The van der Waals surface area contributed by atoms with Gasteiger partial charge in [-0.2, -0.15) is 0 Å². The van der Waals surface area contributed by atoms with Crippen molar-refractivity contribution < 1.29 is 31.8 Å².